The number of piperidine rings is 1. The molecule has 0 aromatic carbocycles. The summed E-state index contributed by atoms with van der Waals surface area (Å²) < 4.78 is 5.91. The van der Waals surface area contributed by atoms with E-state index in [2.05, 4.69) is 20.5 Å². The van der Waals surface area contributed by atoms with Crippen LogP contribution in [0, 0.1) is 0 Å². The van der Waals surface area contributed by atoms with E-state index in [1.165, 1.54) is 12.8 Å². The molecule has 1 unspecified atom stereocenters. The highest BCUT2D eigenvalue weighted by molar-refractivity contribution is 5.15. The summed E-state index contributed by atoms with van der Waals surface area (Å²) in [5.41, 5.74) is 0. The number of piperazine rings is 1. The molecular formula is C15H24N4O. The summed E-state index contributed by atoms with van der Waals surface area (Å²) in [4.78, 5) is 6.74. The van der Waals surface area contributed by atoms with Crippen LogP contribution in [0.5, 0.6) is 5.75 Å². The van der Waals surface area contributed by atoms with E-state index in [1.807, 2.05) is 12.1 Å². The first-order valence-electron chi connectivity index (χ1n) is 7.63. The lowest BCUT2D eigenvalue weighted by Crippen LogP contribution is -2.58. The lowest BCUT2D eigenvalue weighted by atomic mass is 10.0. The smallest absolute Gasteiger partial charge is 0.137 e. The summed E-state index contributed by atoms with van der Waals surface area (Å²) in [6.07, 6.45) is 6.06. The maximum Gasteiger partial charge on any atom is 0.137 e. The van der Waals surface area contributed by atoms with Crippen molar-refractivity contribution in [3.8, 4) is 5.75 Å². The van der Waals surface area contributed by atoms with E-state index < -0.39 is 0 Å². The van der Waals surface area contributed by atoms with Crippen molar-refractivity contribution in [3.63, 3.8) is 0 Å². The van der Waals surface area contributed by atoms with Crippen LogP contribution >= 0.6 is 0 Å². The van der Waals surface area contributed by atoms with Gasteiger partial charge in [0.25, 0.3) is 0 Å². The predicted octanol–water partition coefficient (Wildman–Crippen LogP) is 0.486. The van der Waals surface area contributed by atoms with Crippen molar-refractivity contribution in [2.24, 2.45) is 0 Å². The molecule has 0 saturated carbocycles. The first-order valence-corrected chi connectivity index (χ1v) is 7.63. The number of hydrogen-bond donors (Lipinski definition) is 2. The fourth-order valence-electron chi connectivity index (χ4n) is 3.18. The van der Waals surface area contributed by atoms with Crippen molar-refractivity contribution < 1.29 is 4.74 Å². The second-order valence-electron chi connectivity index (χ2n) is 5.58. The topological polar surface area (TPSA) is 49.4 Å². The van der Waals surface area contributed by atoms with Crippen LogP contribution in [0.4, 0.5) is 0 Å². The first kappa shape index (κ1) is 13.8. The maximum absolute atomic E-state index is 5.91. The van der Waals surface area contributed by atoms with Gasteiger partial charge < -0.3 is 15.4 Å². The second-order valence-corrected chi connectivity index (χ2v) is 5.58. The predicted molar refractivity (Wildman–Crippen MR) is 79.0 cm³/mol. The number of nitrogens with one attached hydrogen (secondary N) is 2. The zero-order chi connectivity index (χ0) is 13.6. The normalized spacial score (nSPS) is 25.5. The second kappa shape index (κ2) is 7.02. The number of hydrogen-bond acceptors (Lipinski definition) is 5. The van der Waals surface area contributed by atoms with E-state index >= 15 is 0 Å². The summed E-state index contributed by atoms with van der Waals surface area (Å²) in [5, 5.41) is 6.93. The van der Waals surface area contributed by atoms with Gasteiger partial charge in [-0.3, -0.25) is 9.88 Å². The molecule has 0 radical (unpaired) electrons. The standard InChI is InChI=1S/C15H24N4O/c1-2-15(11-17-5-1)20-12-14-10-18-8-9-19(14)13-3-6-16-7-4-13/h1-2,5,11,13-14,16,18H,3-4,6-10,12H2. The van der Waals surface area contributed by atoms with Crippen LogP contribution in [-0.4, -0.2) is 61.3 Å². The molecule has 2 N–H and O–H groups in total. The number of rotatable bonds is 4. The van der Waals surface area contributed by atoms with Crippen molar-refractivity contribution in [2.45, 2.75) is 24.9 Å². The van der Waals surface area contributed by atoms with Gasteiger partial charge in [-0.1, -0.05) is 0 Å². The van der Waals surface area contributed by atoms with Gasteiger partial charge >= 0.3 is 0 Å². The molecule has 0 bridgehead atoms. The minimum Gasteiger partial charge on any atom is -0.490 e. The lowest BCUT2D eigenvalue weighted by Gasteiger charge is -2.42. The Kier molecular flexibility index (Phi) is 4.84. The number of nitrogens with zero attached hydrogens (tertiary/aromatic N) is 2. The Morgan fingerprint density at radius 1 is 1.25 bits per heavy atom. The molecule has 0 spiro atoms. The number of ether oxygens (including phenoxy) is 1. The quantitative estimate of drug-likeness (QED) is 0.838. The first-order chi connectivity index (χ1) is 9.93. The average Bonchev–Trinajstić information content (AvgIpc) is 2.55. The van der Waals surface area contributed by atoms with Gasteiger partial charge in [0.05, 0.1) is 12.2 Å². The summed E-state index contributed by atoms with van der Waals surface area (Å²) in [7, 11) is 0. The Hall–Kier alpha value is -1.17. The van der Waals surface area contributed by atoms with Gasteiger partial charge in [-0.25, -0.2) is 0 Å². The average molecular weight is 276 g/mol. The summed E-state index contributed by atoms with van der Waals surface area (Å²) in [6, 6.07) is 5.06. The number of pyridine rings is 1. The Labute approximate surface area is 120 Å². The van der Waals surface area contributed by atoms with Crippen LogP contribution in [0.15, 0.2) is 24.5 Å². The molecule has 20 heavy (non-hydrogen) atoms. The van der Waals surface area contributed by atoms with Gasteiger partial charge in [-0.05, 0) is 38.1 Å². The monoisotopic (exact) mass is 276 g/mol. The summed E-state index contributed by atoms with van der Waals surface area (Å²) >= 11 is 0. The van der Waals surface area contributed by atoms with E-state index in [-0.39, 0.29) is 0 Å². The third-order valence-electron chi connectivity index (χ3n) is 4.25. The van der Waals surface area contributed by atoms with Crippen LogP contribution < -0.4 is 15.4 Å². The summed E-state index contributed by atoms with van der Waals surface area (Å²) in [5.74, 6) is 0.864. The molecule has 2 aliphatic heterocycles. The zero-order valence-electron chi connectivity index (χ0n) is 11.9. The van der Waals surface area contributed by atoms with Crippen molar-refractivity contribution in [1.82, 2.24) is 20.5 Å². The molecule has 0 amide bonds. The van der Waals surface area contributed by atoms with Crippen LogP contribution in [-0.2, 0) is 0 Å². The van der Waals surface area contributed by atoms with Crippen LogP contribution in [0.25, 0.3) is 0 Å². The van der Waals surface area contributed by atoms with Crippen LogP contribution in [0.2, 0.25) is 0 Å². The molecule has 5 heteroatoms. The van der Waals surface area contributed by atoms with Gasteiger partial charge in [0.15, 0.2) is 0 Å². The molecule has 3 heterocycles. The Balaban J connectivity index is 1.57. The molecule has 0 aliphatic carbocycles. The van der Waals surface area contributed by atoms with E-state index in [4.69, 9.17) is 4.74 Å². The molecular weight excluding hydrogens is 252 g/mol. The minimum atomic E-state index is 0.465. The van der Waals surface area contributed by atoms with Gasteiger partial charge in [0.2, 0.25) is 0 Å². The minimum absolute atomic E-state index is 0.465. The van der Waals surface area contributed by atoms with Crippen molar-refractivity contribution in [3.05, 3.63) is 24.5 Å². The van der Waals surface area contributed by atoms with Gasteiger partial charge in [0.1, 0.15) is 12.4 Å². The van der Waals surface area contributed by atoms with Crippen molar-refractivity contribution >= 4 is 0 Å². The highest BCUT2D eigenvalue weighted by Gasteiger charge is 2.29. The molecule has 1 atom stereocenters. The molecule has 2 aliphatic rings. The molecule has 3 rings (SSSR count). The van der Waals surface area contributed by atoms with E-state index in [0.29, 0.717) is 12.1 Å². The van der Waals surface area contributed by atoms with Gasteiger partial charge in [-0.15, -0.1) is 0 Å². The van der Waals surface area contributed by atoms with Crippen LogP contribution in [0.1, 0.15) is 12.8 Å². The van der Waals surface area contributed by atoms with E-state index in [1.54, 1.807) is 12.4 Å². The fourth-order valence-corrected chi connectivity index (χ4v) is 3.18. The van der Waals surface area contributed by atoms with E-state index in [9.17, 15) is 0 Å². The van der Waals surface area contributed by atoms with Gasteiger partial charge in [0, 0.05) is 31.9 Å². The van der Waals surface area contributed by atoms with Crippen LogP contribution in [0.3, 0.4) is 0 Å². The van der Waals surface area contributed by atoms with Crippen molar-refractivity contribution in [1.29, 1.82) is 0 Å². The Morgan fingerprint density at radius 2 is 2.15 bits per heavy atom. The third kappa shape index (κ3) is 3.48. The van der Waals surface area contributed by atoms with E-state index in [0.717, 1.165) is 45.1 Å². The zero-order valence-corrected chi connectivity index (χ0v) is 11.9. The molecule has 110 valence electrons. The molecule has 1 aromatic rings. The lowest BCUT2D eigenvalue weighted by molar-refractivity contribution is 0.0566. The van der Waals surface area contributed by atoms with Gasteiger partial charge in [-0.2, -0.15) is 0 Å². The Bertz CT molecular complexity index is 394. The molecule has 1 aromatic heterocycles. The molecule has 5 nitrogen and oxygen atoms in total. The Morgan fingerprint density at radius 3 is 2.95 bits per heavy atom. The largest absolute Gasteiger partial charge is 0.490 e. The molecule has 2 fully saturated rings. The fraction of sp³-hybridized carbons (Fsp3) is 0.667. The highest BCUT2D eigenvalue weighted by Crippen LogP contribution is 2.17. The SMILES string of the molecule is c1cncc(OCC2CNCCN2C2CCNCC2)c1. The maximum atomic E-state index is 5.91. The highest BCUT2D eigenvalue weighted by atomic mass is 16.5. The number of aromatic nitrogens is 1. The summed E-state index contributed by atoms with van der Waals surface area (Å²) in [6.45, 7) is 6.27. The third-order valence-corrected chi connectivity index (χ3v) is 4.25. The van der Waals surface area contributed by atoms with Crippen molar-refractivity contribution in [2.75, 3.05) is 39.3 Å². The molecule has 2 saturated heterocycles.